The number of benzene rings is 1. The van der Waals surface area contributed by atoms with E-state index >= 15 is 0 Å². The molecule has 23 heavy (non-hydrogen) atoms. The lowest BCUT2D eigenvalue weighted by Gasteiger charge is -2.04. The smallest absolute Gasteiger partial charge is 0.231 e. The molecule has 6 heteroatoms. The third kappa shape index (κ3) is 2.88. The zero-order valence-corrected chi connectivity index (χ0v) is 13.4. The average molecular weight is 340 g/mol. The van der Waals surface area contributed by atoms with Crippen LogP contribution in [0.3, 0.4) is 0 Å². The Morgan fingerprint density at radius 3 is 2.61 bits per heavy atom. The molecule has 112 valence electrons. The highest BCUT2D eigenvalue weighted by atomic mass is 35.5. The van der Waals surface area contributed by atoms with Gasteiger partial charge in [-0.25, -0.2) is 15.0 Å². The summed E-state index contributed by atoms with van der Waals surface area (Å²) < 4.78 is 5.83. The Bertz CT molecular complexity index is 955. The number of rotatable bonds is 3. The van der Waals surface area contributed by atoms with Crippen LogP contribution in [0.1, 0.15) is 0 Å². The van der Waals surface area contributed by atoms with Crippen LogP contribution in [0.25, 0.3) is 20.7 Å². The molecule has 0 aliphatic rings. The van der Waals surface area contributed by atoms with Crippen LogP contribution >= 0.6 is 22.9 Å². The fraction of sp³-hybridized carbons (Fsp3) is 0. The van der Waals surface area contributed by atoms with E-state index < -0.39 is 0 Å². The number of pyridine rings is 1. The van der Waals surface area contributed by atoms with Crippen LogP contribution < -0.4 is 4.74 Å². The molecule has 4 rings (SSSR count). The molecule has 1 aromatic carbocycles. The normalized spacial score (nSPS) is 10.8. The molecule has 0 fully saturated rings. The summed E-state index contributed by atoms with van der Waals surface area (Å²) in [5.41, 5.74) is 1.15. The summed E-state index contributed by atoms with van der Waals surface area (Å²) in [5.74, 6) is 1.10. The molecule has 3 aromatic heterocycles. The molecule has 0 aliphatic heterocycles. The summed E-state index contributed by atoms with van der Waals surface area (Å²) in [4.78, 5) is 14.6. The van der Waals surface area contributed by atoms with Gasteiger partial charge in [0.25, 0.3) is 0 Å². The third-order valence-electron chi connectivity index (χ3n) is 3.27. The van der Waals surface area contributed by atoms with Crippen molar-refractivity contribution in [3.63, 3.8) is 0 Å². The quantitative estimate of drug-likeness (QED) is 0.481. The lowest BCUT2D eigenvalue weighted by molar-refractivity contribution is 0.466. The summed E-state index contributed by atoms with van der Waals surface area (Å²) in [7, 11) is 0. The van der Waals surface area contributed by atoms with Crippen LogP contribution in [0.2, 0.25) is 5.15 Å². The van der Waals surface area contributed by atoms with E-state index in [2.05, 4.69) is 27.1 Å². The Labute approximate surface area is 141 Å². The van der Waals surface area contributed by atoms with Gasteiger partial charge in [-0.05, 0) is 23.8 Å². The second-order valence-electron chi connectivity index (χ2n) is 4.79. The van der Waals surface area contributed by atoms with Gasteiger partial charge in [0.15, 0.2) is 0 Å². The average Bonchev–Trinajstić information content (AvgIpc) is 3.03. The largest absolute Gasteiger partial charge is 0.437 e. The van der Waals surface area contributed by atoms with Gasteiger partial charge in [-0.1, -0.05) is 41.9 Å². The first-order valence-corrected chi connectivity index (χ1v) is 8.08. The Morgan fingerprint density at radius 2 is 1.83 bits per heavy atom. The molecular weight excluding hydrogens is 330 g/mol. The van der Waals surface area contributed by atoms with E-state index in [9.17, 15) is 0 Å². The van der Waals surface area contributed by atoms with Gasteiger partial charge in [0.1, 0.15) is 22.1 Å². The van der Waals surface area contributed by atoms with Gasteiger partial charge in [0, 0.05) is 4.88 Å². The minimum atomic E-state index is 0.423. The van der Waals surface area contributed by atoms with Crippen molar-refractivity contribution in [1.29, 1.82) is 0 Å². The zero-order valence-electron chi connectivity index (χ0n) is 11.8. The monoisotopic (exact) mass is 339 g/mol. The molecular formula is C17H10ClN3OS. The van der Waals surface area contributed by atoms with Gasteiger partial charge in [-0.15, -0.1) is 11.3 Å². The number of hydrogen-bond donors (Lipinski definition) is 0. The maximum Gasteiger partial charge on any atom is 0.231 e. The molecule has 0 saturated carbocycles. The van der Waals surface area contributed by atoms with Crippen LogP contribution in [0, 0.1) is 0 Å². The topological polar surface area (TPSA) is 47.9 Å². The Hall–Kier alpha value is -2.50. The molecule has 0 spiro atoms. The van der Waals surface area contributed by atoms with E-state index in [1.165, 1.54) is 6.33 Å². The predicted octanol–water partition coefficient (Wildman–Crippen LogP) is 5.20. The van der Waals surface area contributed by atoms with E-state index in [1.807, 2.05) is 24.3 Å². The van der Waals surface area contributed by atoms with Crippen LogP contribution in [-0.4, -0.2) is 15.0 Å². The first kappa shape index (κ1) is 14.1. The van der Waals surface area contributed by atoms with Crippen molar-refractivity contribution in [2.24, 2.45) is 0 Å². The highest BCUT2D eigenvalue weighted by Gasteiger charge is 2.12. The SMILES string of the molecule is Clc1ccc(Oc2ncnc3sc(-c4ccccc4)cc23)cn1. The molecule has 0 atom stereocenters. The molecule has 0 unspecified atom stereocenters. The summed E-state index contributed by atoms with van der Waals surface area (Å²) in [5, 5.41) is 1.30. The molecule has 0 N–H and O–H groups in total. The fourth-order valence-corrected chi connectivity index (χ4v) is 3.30. The van der Waals surface area contributed by atoms with E-state index in [-0.39, 0.29) is 0 Å². The number of halogens is 1. The van der Waals surface area contributed by atoms with Gasteiger partial charge in [0.05, 0.1) is 11.6 Å². The number of aromatic nitrogens is 3. The molecule has 0 aliphatic carbocycles. The highest BCUT2D eigenvalue weighted by molar-refractivity contribution is 7.21. The van der Waals surface area contributed by atoms with Gasteiger partial charge in [0.2, 0.25) is 5.88 Å². The summed E-state index contributed by atoms with van der Waals surface area (Å²) in [6, 6.07) is 15.7. The van der Waals surface area contributed by atoms with Gasteiger partial charge in [-0.2, -0.15) is 0 Å². The third-order valence-corrected chi connectivity index (χ3v) is 4.58. The molecule has 3 heterocycles. The summed E-state index contributed by atoms with van der Waals surface area (Å²) in [6.07, 6.45) is 3.08. The first-order chi connectivity index (χ1) is 11.3. The van der Waals surface area contributed by atoms with Crippen LogP contribution in [0.5, 0.6) is 11.6 Å². The van der Waals surface area contributed by atoms with Crippen LogP contribution in [0.15, 0.2) is 61.1 Å². The van der Waals surface area contributed by atoms with E-state index in [4.69, 9.17) is 16.3 Å². The molecule has 0 amide bonds. The summed E-state index contributed by atoms with van der Waals surface area (Å²) in [6.45, 7) is 0. The fourth-order valence-electron chi connectivity index (χ4n) is 2.19. The number of thiophene rings is 1. The van der Waals surface area contributed by atoms with Crippen molar-refractivity contribution >= 4 is 33.2 Å². The maximum atomic E-state index is 5.83. The molecule has 0 saturated heterocycles. The van der Waals surface area contributed by atoms with Crippen molar-refractivity contribution in [3.8, 4) is 22.1 Å². The Morgan fingerprint density at radius 1 is 0.957 bits per heavy atom. The van der Waals surface area contributed by atoms with Crippen LogP contribution in [0.4, 0.5) is 0 Å². The maximum absolute atomic E-state index is 5.83. The van der Waals surface area contributed by atoms with Gasteiger partial charge in [-0.3, -0.25) is 0 Å². The van der Waals surface area contributed by atoms with Crippen LogP contribution in [-0.2, 0) is 0 Å². The lowest BCUT2D eigenvalue weighted by atomic mass is 10.2. The Kier molecular flexibility index (Phi) is 3.65. The van der Waals surface area contributed by atoms with Crippen molar-refractivity contribution in [2.75, 3.05) is 0 Å². The van der Waals surface area contributed by atoms with Gasteiger partial charge >= 0.3 is 0 Å². The van der Waals surface area contributed by atoms with E-state index in [0.717, 1.165) is 20.7 Å². The molecule has 4 aromatic rings. The number of fused-ring (bicyclic) bond motifs is 1. The number of nitrogens with zero attached hydrogens (tertiary/aromatic N) is 3. The van der Waals surface area contributed by atoms with E-state index in [0.29, 0.717) is 16.8 Å². The number of ether oxygens (including phenoxy) is 1. The standard InChI is InChI=1S/C17H10ClN3OS/c18-15-7-6-12(9-19-15)22-16-13-8-14(11-4-2-1-3-5-11)23-17(13)21-10-20-16/h1-10H. The first-order valence-electron chi connectivity index (χ1n) is 6.89. The highest BCUT2D eigenvalue weighted by Crippen LogP contribution is 2.36. The van der Waals surface area contributed by atoms with Gasteiger partial charge < -0.3 is 4.74 Å². The minimum absolute atomic E-state index is 0.423. The van der Waals surface area contributed by atoms with Crippen molar-refractivity contribution in [2.45, 2.75) is 0 Å². The second-order valence-corrected chi connectivity index (χ2v) is 6.21. The van der Waals surface area contributed by atoms with Crippen molar-refractivity contribution in [1.82, 2.24) is 15.0 Å². The Balaban J connectivity index is 1.75. The van der Waals surface area contributed by atoms with E-state index in [1.54, 1.807) is 29.7 Å². The lowest BCUT2D eigenvalue weighted by Crippen LogP contribution is -1.89. The second kappa shape index (κ2) is 5.95. The van der Waals surface area contributed by atoms with Crippen molar-refractivity contribution < 1.29 is 4.74 Å². The van der Waals surface area contributed by atoms with Crippen molar-refractivity contribution in [3.05, 3.63) is 66.2 Å². The zero-order chi connectivity index (χ0) is 15.6. The minimum Gasteiger partial charge on any atom is -0.437 e. The number of hydrogen-bond acceptors (Lipinski definition) is 5. The molecule has 0 bridgehead atoms. The molecule has 0 radical (unpaired) electrons. The predicted molar refractivity (Wildman–Crippen MR) is 92.2 cm³/mol. The molecule has 4 nitrogen and oxygen atoms in total. The summed E-state index contributed by atoms with van der Waals surface area (Å²) >= 11 is 7.40.